The van der Waals surface area contributed by atoms with Crippen LogP contribution in [0.3, 0.4) is 0 Å². The standard InChI is InChI=1S/C18H23NO/c1-4-19(5-2)18(15-9-7-6-8-10-15)16-11-13-17(20-3)14-12-16/h6-14,18H,4-5H2,1-3H3. The van der Waals surface area contributed by atoms with Gasteiger partial charge in [0.2, 0.25) is 0 Å². The van der Waals surface area contributed by atoms with Crippen LogP contribution in [0, 0.1) is 0 Å². The van der Waals surface area contributed by atoms with E-state index in [0.717, 1.165) is 18.8 Å². The van der Waals surface area contributed by atoms with E-state index in [9.17, 15) is 0 Å². The number of hydrogen-bond acceptors (Lipinski definition) is 2. The lowest BCUT2D eigenvalue weighted by molar-refractivity contribution is 0.250. The minimum Gasteiger partial charge on any atom is -0.497 e. The van der Waals surface area contributed by atoms with E-state index >= 15 is 0 Å². The van der Waals surface area contributed by atoms with Crippen molar-refractivity contribution in [3.8, 4) is 5.75 Å². The minimum absolute atomic E-state index is 0.303. The summed E-state index contributed by atoms with van der Waals surface area (Å²) in [6.07, 6.45) is 0. The largest absolute Gasteiger partial charge is 0.497 e. The third-order valence-corrected chi connectivity index (χ3v) is 3.72. The normalized spacial score (nSPS) is 12.4. The van der Waals surface area contributed by atoms with E-state index in [-0.39, 0.29) is 0 Å². The van der Waals surface area contributed by atoms with Gasteiger partial charge in [-0.25, -0.2) is 0 Å². The second-order valence-corrected chi connectivity index (χ2v) is 4.81. The molecule has 2 nitrogen and oxygen atoms in total. The summed E-state index contributed by atoms with van der Waals surface area (Å²) in [5.41, 5.74) is 2.64. The molecule has 0 heterocycles. The topological polar surface area (TPSA) is 12.5 Å². The summed E-state index contributed by atoms with van der Waals surface area (Å²) in [4.78, 5) is 2.47. The van der Waals surface area contributed by atoms with E-state index in [2.05, 4.69) is 61.2 Å². The molecule has 0 radical (unpaired) electrons. The molecule has 0 aliphatic heterocycles. The summed E-state index contributed by atoms with van der Waals surface area (Å²) >= 11 is 0. The van der Waals surface area contributed by atoms with Gasteiger partial charge in [-0.05, 0) is 36.3 Å². The number of methoxy groups -OCH3 is 1. The Bertz CT molecular complexity index is 503. The first kappa shape index (κ1) is 14.6. The number of hydrogen-bond donors (Lipinski definition) is 0. The lowest BCUT2D eigenvalue weighted by Gasteiger charge is -2.30. The Kier molecular flexibility index (Phi) is 5.19. The molecule has 0 aliphatic carbocycles. The quantitative estimate of drug-likeness (QED) is 0.782. The first-order chi connectivity index (χ1) is 9.80. The Morgan fingerprint density at radius 3 is 1.90 bits per heavy atom. The van der Waals surface area contributed by atoms with E-state index in [1.807, 2.05) is 12.1 Å². The van der Waals surface area contributed by atoms with Crippen molar-refractivity contribution >= 4 is 0 Å². The van der Waals surface area contributed by atoms with Crippen LogP contribution < -0.4 is 4.74 Å². The summed E-state index contributed by atoms with van der Waals surface area (Å²) in [6.45, 7) is 6.48. The van der Waals surface area contributed by atoms with Crippen LogP contribution in [0.4, 0.5) is 0 Å². The summed E-state index contributed by atoms with van der Waals surface area (Å²) in [5.74, 6) is 0.903. The second kappa shape index (κ2) is 7.11. The van der Waals surface area contributed by atoms with Gasteiger partial charge in [0, 0.05) is 0 Å². The molecular weight excluding hydrogens is 246 g/mol. The molecule has 1 atom stereocenters. The van der Waals surface area contributed by atoms with Crippen LogP contribution in [0.1, 0.15) is 31.0 Å². The van der Waals surface area contributed by atoms with Crippen molar-refractivity contribution in [3.05, 3.63) is 65.7 Å². The SMILES string of the molecule is CCN(CC)C(c1ccccc1)c1ccc(OC)cc1. The summed E-state index contributed by atoms with van der Waals surface area (Å²) in [7, 11) is 1.70. The minimum atomic E-state index is 0.303. The Balaban J connectivity index is 2.40. The first-order valence-corrected chi connectivity index (χ1v) is 7.23. The number of benzene rings is 2. The van der Waals surface area contributed by atoms with Gasteiger partial charge in [-0.3, -0.25) is 4.90 Å². The van der Waals surface area contributed by atoms with Gasteiger partial charge in [0.25, 0.3) is 0 Å². The molecule has 0 aliphatic rings. The Labute approximate surface area is 122 Å². The van der Waals surface area contributed by atoms with E-state index < -0.39 is 0 Å². The Hall–Kier alpha value is -1.80. The molecule has 0 N–H and O–H groups in total. The van der Waals surface area contributed by atoms with Crippen molar-refractivity contribution in [3.63, 3.8) is 0 Å². The van der Waals surface area contributed by atoms with Gasteiger partial charge in [-0.2, -0.15) is 0 Å². The van der Waals surface area contributed by atoms with Crippen molar-refractivity contribution in [1.29, 1.82) is 0 Å². The highest BCUT2D eigenvalue weighted by molar-refractivity contribution is 5.35. The van der Waals surface area contributed by atoms with Gasteiger partial charge in [0.15, 0.2) is 0 Å². The van der Waals surface area contributed by atoms with Gasteiger partial charge in [0.05, 0.1) is 13.2 Å². The maximum Gasteiger partial charge on any atom is 0.118 e. The Morgan fingerprint density at radius 2 is 1.40 bits per heavy atom. The van der Waals surface area contributed by atoms with Crippen LogP contribution in [0.15, 0.2) is 54.6 Å². The summed E-state index contributed by atoms with van der Waals surface area (Å²) in [6, 6.07) is 19.4. The van der Waals surface area contributed by atoms with Crippen LogP contribution in [-0.2, 0) is 0 Å². The highest BCUT2D eigenvalue weighted by Gasteiger charge is 2.19. The van der Waals surface area contributed by atoms with Gasteiger partial charge in [-0.1, -0.05) is 56.3 Å². The Morgan fingerprint density at radius 1 is 0.850 bits per heavy atom. The zero-order valence-corrected chi connectivity index (χ0v) is 12.5. The maximum atomic E-state index is 5.25. The molecular formula is C18H23NO. The maximum absolute atomic E-state index is 5.25. The second-order valence-electron chi connectivity index (χ2n) is 4.81. The van der Waals surface area contributed by atoms with Crippen molar-refractivity contribution in [2.24, 2.45) is 0 Å². The lowest BCUT2D eigenvalue weighted by atomic mass is 9.97. The zero-order valence-electron chi connectivity index (χ0n) is 12.5. The van der Waals surface area contributed by atoms with Gasteiger partial charge in [-0.15, -0.1) is 0 Å². The number of nitrogens with zero attached hydrogens (tertiary/aromatic N) is 1. The van der Waals surface area contributed by atoms with E-state index in [1.165, 1.54) is 11.1 Å². The molecule has 2 rings (SSSR count). The predicted octanol–water partition coefficient (Wildman–Crippen LogP) is 4.13. The van der Waals surface area contributed by atoms with Crippen LogP contribution in [-0.4, -0.2) is 25.1 Å². The molecule has 2 aromatic carbocycles. The number of rotatable bonds is 6. The molecule has 0 fully saturated rings. The monoisotopic (exact) mass is 269 g/mol. The number of ether oxygens (including phenoxy) is 1. The van der Waals surface area contributed by atoms with Crippen molar-refractivity contribution in [2.45, 2.75) is 19.9 Å². The fourth-order valence-electron chi connectivity index (χ4n) is 2.62. The molecule has 0 bridgehead atoms. The average molecular weight is 269 g/mol. The lowest BCUT2D eigenvalue weighted by Crippen LogP contribution is -2.29. The fourth-order valence-corrected chi connectivity index (χ4v) is 2.62. The van der Waals surface area contributed by atoms with Crippen molar-refractivity contribution < 1.29 is 4.74 Å². The average Bonchev–Trinajstić information content (AvgIpc) is 2.53. The van der Waals surface area contributed by atoms with Crippen LogP contribution >= 0.6 is 0 Å². The van der Waals surface area contributed by atoms with Crippen LogP contribution in [0.2, 0.25) is 0 Å². The van der Waals surface area contributed by atoms with Gasteiger partial charge >= 0.3 is 0 Å². The molecule has 2 aromatic rings. The molecule has 2 heteroatoms. The van der Waals surface area contributed by atoms with Crippen molar-refractivity contribution in [1.82, 2.24) is 4.90 Å². The summed E-state index contributed by atoms with van der Waals surface area (Å²) < 4.78 is 5.25. The molecule has 0 aromatic heterocycles. The molecule has 20 heavy (non-hydrogen) atoms. The van der Waals surface area contributed by atoms with E-state index in [4.69, 9.17) is 4.74 Å². The highest BCUT2D eigenvalue weighted by atomic mass is 16.5. The fraction of sp³-hybridized carbons (Fsp3) is 0.333. The van der Waals surface area contributed by atoms with E-state index in [0.29, 0.717) is 6.04 Å². The van der Waals surface area contributed by atoms with Crippen molar-refractivity contribution in [2.75, 3.05) is 20.2 Å². The van der Waals surface area contributed by atoms with Gasteiger partial charge < -0.3 is 4.74 Å². The molecule has 0 saturated heterocycles. The molecule has 0 spiro atoms. The van der Waals surface area contributed by atoms with Crippen LogP contribution in [0.25, 0.3) is 0 Å². The third-order valence-electron chi connectivity index (χ3n) is 3.72. The predicted molar refractivity (Wildman–Crippen MR) is 84.2 cm³/mol. The zero-order chi connectivity index (χ0) is 14.4. The van der Waals surface area contributed by atoms with E-state index in [1.54, 1.807) is 7.11 Å². The van der Waals surface area contributed by atoms with Crippen LogP contribution in [0.5, 0.6) is 5.75 Å². The molecule has 1 unspecified atom stereocenters. The molecule has 0 amide bonds. The highest BCUT2D eigenvalue weighted by Crippen LogP contribution is 2.29. The summed E-state index contributed by atoms with van der Waals surface area (Å²) in [5, 5.41) is 0. The third kappa shape index (κ3) is 3.20. The van der Waals surface area contributed by atoms with Gasteiger partial charge in [0.1, 0.15) is 5.75 Å². The smallest absolute Gasteiger partial charge is 0.118 e. The first-order valence-electron chi connectivity index (χ1n) is 7.23. The molecule has 0 saturated carbocycles. The molecule has 106 valence electrons.